The van der Waals surface area contributed by atoms with E-state index in [-0.39, 0.29) is 42.6 Å². The number of nitrogens with zero attached hydrogens (tertiary/aromatic N) is 1. The van der Waals surface area contributed by atoms with Crippen LogP contribution in [-0.4, -0.2) is 53.6 Å². The van der Waals surface area contributed by atoms with E-state index in [2.05, 4.69) is 4.99 Å². The van der Waals surface area contributed by atoms with Crippen LogP contribution in [0.15, 0.2) is 45.5 Å². The first kappa shape index (κ1) is 32.1. The Hall–Kier alpha value is -0.160. The van der Waals surface area contributed by atoms with Crippen molar-refractivity contribution in [3.05, 3.63) is 41.2 Å². The van der Waals surface area contributed by atoms with Crippen molar-refractivity contribution in [1.82, 2.24) is 0 Å². The van der Waals surface area contributed by atoms with Gasteiger partial charge in [0, 0.05) is 6.42 Å². The Bertz CT molecular complexity index is 1040. The Morgan fingerprint density at radius 3 is 2.03 bits per heavy atom. The lowest BCUT2D eigenvalue weighted by molar-refractivity contribution is -0.143. The van der Waals surface area contributed by atoms with Gasteiger partial charge in [0.25, 0.3) is 0 Å². The average molecular weight is 646 g/mol. The van der Waals surface area contributed by atoms with E-state index in [1.807, 2.05) is 20.8 Å². The summed E-state index contributed by atoms with van der Waals surface area (Å²) in [7, 11) is -4.11. The van der Waals surface area contributed by atoms with Crippen LogP contribution < -0.4 is 0 Å². The molecule has 0 spiro atoms. The monoisotopic (exact) mass is 643 g/mol. The Morgan fingerprint density at radius 1 is 1.06 bits per heavy atom. The van der Waals surface area contributed by atoms with Crippen molar-refractivity contribution >= 4 is 85.6 Å². The highest BCUT2D eigenvalue weighted by molar-refractivity contribution is 7.86. The van der Waals surface area contributed by atoms with Gasteiger partial charge in [-0.25, -0.2) is 4.99 Å². The number of rotatable bonds is 11. The summed E-state index contributed by atoms with van der Waals surface area (Å²) in [5.74, 6) is 0.326. The quantitative estimate of drug-likeness (QED) is 0.111. The molecule has 0 unspecified atom stereocenters. The second kappa shape index (κ2) is 12.8. The largest absolute Gasteiger partial charge is 0.475 e. The molecule has 204 valence electrons. The van der Waals surface area contributed by atoms with Crippen LogP contribution in [0.25, 0.3) is 0 Å². The minimum atomic E-state index is -4.11. The zero-order chi connectivity index (χ0) is 27.4. The highest BCUT2D eigenvalue weighted by Gasteiger charge is 2.32. The third-order valence-corrected chi connectivity index (χ3v) is 6.66. The molecule has 0 N–H and O–H groups in total. The summed E-state index contributed by atoms with van der Waals surface area (Å²) >= 11 is 34.8. The third-order valence-electron chi connectivity index (χ3n) is 4.69. The summed E-state index contributed by atoms with van der Waals surface area (Å²) in [4.78, 5) is 4.57. The van der Waals surface area contributed by atoms with E-state index in [1.165, 1.54) is 19.1 Å². The van der Waals surface area contributed by atoms with Gasteiger partial charge in [0.05, 0.1) is 24.3 Å². The normalized spacial score (nSPS) is 17.0. The molecule has 0 atom stereocenters. The first-order valence-corrected chi connectivity index (χ1v) is 14.4. The summed E-state index contributed by atoms with van der Waals surface area (Å²) in [6.07, 6.45) is -0.665. The molecule has 14 heteroatoms. The van der Waals surface area contributed by atoms with Crippen LogP contribution >= 0.6 is 69.6 Å². The van der Waals surface area contributed by atoms with E-state index in [1.54, 1.807) is 12.1 Å². The molecular weight excluding hydrogens is 619 g/mol. The van der Waals surface area contributed by atoms with Gasteiger partial charge in [0.2, 0.25) is 13.5 Å². The first-order chi connectivity index (χ1) is 16.4. The van der Waals surface area contributed by atoms with Crippen molar-refractivity contribution in [2.45, 2.75) is 64.8 Å². The molecule has 1 aliphatic heterocycles. The number of hydrogen-bond acceptors (Lipinski definition) is 7. The molecule has 1 aromatic rings. The lowest BCUT2D eigenvalue weighted by Gasteiger charge is -2.23. The molecule has 0 saturated carbocycles. The molecule has 0 aromatic heterocycles. The molecule has 0 bridgehead atoms. The summed E-state index contributed by atoms with van der Waals surface area (Å²) in [5, 5.41) is 0. The van der Waals surface area contributed by atoms with E-state index in [9.17, 15) is 8.42 Å². The lowest BCUT2D eigenvalue weighted by atomic mass is 10.1. The zero-order valence-corrected chi connectivity index (χ0v) is 25.3. The van der Waals surface area contributed by atoms with Crippen LogP contribution in [0.3, 0.4) is 0 Å². The Balaban J connectivity index is 2.31. The van der Waals surface area contributed by atoms with Crippen LogP contribution in [0.1, 0.15) is 39.2 Å². The van der Waals surface area contributed by atoms with Gasteiger partial charge < -0.3 is 18.4 Å². The van der Waals surface area contributed by atoms with Crippen molar-refractivity contribution in [2.75, 3.05) is 19.8 Å². The van der Waals surface area contributed by atoms with Crippen molar-refractivity contribution in [2.24, 2.45) is 4.99 Å². The van der Waals surface area contributed by atoms with Gasteiger partial charge in [-0.15, -0.1) is 0 Å². The Labute approximate surface area is 242 Å². The van der Waals surface area contributed by atoms with Gasteiger partial charge in [-0.2, -0.15) is 8.42 Å². The lowest BCUT2D eigenvalue weighted by Crippen LogP contribution is -2.27. The van der Waals surface area contributed by atoms with Crippen LogP contribution in [0.2, 0.25) is 0 Å². The maximum atomic E-state index is 12.9. The molecule has 36 heavy (non-hydrogen) atoms. The molecule has 7 nitrogen and oxygen atoms in total. The number of alkyl halides is 6. The second-order valence-corrected chi connectivity index (χ2v) is 15.3. The van der Waals surface area contributed by atoms with Gasteiger partial charge in [0.1, 0.15) is 17.3 Å². The zero-order valence-electron chi connectivity index (χ0n) is 20.0. The van der Waals surface area contributed by atoms with Crippen LogP contribution in [0.4, 0.5) is 0 Å². The fraction of sp³-hybridized carbons (Fsp3) is 0.591. The van der Waals surface area contributed by atoms with E-state index in [0.717, 1.165) is 5.56 Å². The second-order valence-electron chi connectivity index (χ2n) is 8.72. The SMILES string of the molecule is CC(OS(=O)(=O)c1ccc(C)cc1)=C(CCC(OCC(Cl)(Cl)Cl)OCC(Cl)(Cl)Cl)C1=NC(C)(C)CO1. The van der Waals surface area contributed by atoms with Gasteiger partial charge in [0.15, 0.2) is 6.29 Å². The van der Waals surface area contributed by atoms with Crippen molar-refractivity contribution in [3.8, 4) is 0 Å². The van der Waals surface area contributed by atoms with E-state index in [0.29, 0.717) is 12.2 Å². The average Bonchev–Trinajstić information content (AvgIpc) is 3.07. The van der Waals surface area contributed by atoms with E-state index >= 15 is 0 Å². The predicted molar refractivity (Wildman–Crippen MR) is 145 cm³/mol. The van der Waals surface area contributed by atoms with Crippen LogP contribution in [0.5, 0.6) is 0 Å². The molecular formula is C22H27Cl6NO6S. The smallest absolute Gasteiger partial charge is 0.338 e. The molecule has 0 aliphatic carbocycles. The first-order valence-electron chi connectivity index (χ1n) is 10.7. The van der Waals surface area contributed by atoms with Crippen LogP contribution in [-0.2, 0) is 28.5 Å². The predicted octanol–water partition coefficient (Wildman–Crippen LogP) is 7.06. The number of hydrogen-bond donors (Lipinski definition) is 0. The molecule has 0 saturated heterocycles. The van der Waals surface area contributed by atoms with E-state index in [4.69, 9.17) is 88.0 Å². The summed E-state index contributed by atoms with van der Waals surface area (Å²) in [6, 6.07) is 6.29. The number of ether oxygens (including phenoxy) is 3. The van der Waals surface area contributed by atoms with Gasteiger partial charge in [-0.05, 0) is 46.2 Å². The maximum Gasteiger partial charge on any atom is 0.338 e. The topological polar surface area (TPSA) is 83.4 Å². The number of allylic oxidation sites excluding steroid dienone is 1. The van der Waals surface area contributed by atoms with Crippen LogP contribution in [0, 0.1) is 6.92 Å². The van der Waals surface area contributed by atoms with Gasteiger partial charge >= 0.3 is 10.1 Å². The summed E-state index contributed by atoms with van der Waals surface area (Å²) in [5.41, 5.74) is 0.804. The highest BCUT2D eigenvalue weighted by Crippen LogP contribution is 2.31. The molecule has 1 aromatic carbocycles. The maximum absolute atomic E-state index is 12.9. The molecule has 0 amide bonds. The fourth-order valence-electron chi connectivity index (χ4n) is 2.99. The minimum absolute atomic E-state index is 0.0105. The molecule has 1 aliphatic rings. The molecule has 0 fully saturated rings. The fourth-order valence-corrected chi connectivity index (χ4v) is 4.37. The third kappa shape index (κ3) is 11.3. The highest BCUT2D eigenvalue weighted by atomic mass is 35.6. The van der Waals surface area contributed by atoms with Crippen molar-refractivity contribution in [3.63, 3.8) is 0 Å². The van der Waals surface area contributed by atoms with Gasteiger partial charge in [-0.1, -0.05) is 87.3 Å². The minimum Gasteiger partial charge on any atom is -0.475 e. The van der Waals surface area contributed by atoms with Gasteiger partial charge in [-0.3, -0.25) is 0 Å². The summed E-state index contributed by atoms with van der Waals surface area (Å²) < 4.78 is 44.7. The number of halogens is 6. The number of aryl methyl sites for hydroxylation is 1. The molecule has 0 radical (unpaired) electrons. The van der Waals surface area contributed by atoms with Crippen molar-refractivity contribution < 1.29 is 26.8 Å². The number of aliphatic imine (C=N–C) groups is 1. The Morgan fingerprint density at radius 2 is 1.58 bits per heavy atom. The standard InChI is InChI=1S/C22H27Cl6NO6S/c1-14-5-7-16(8-6-14)36(30,31)35-15(2)17(19-29-20(3,4)11-34-19)9-10-18(32-12-21(23,24)25)33-13-22(26,27)28/h5-8,18H,9-13H2,1-4H3. The van der Waals surface area contributed by atoms with Crippen molar-refractivity contribution in [1.29, 1.82) is 0 Å². The molecule has 1 heterocycles. The molecule has 2 rings (SSSR count). The Kier molecular flexibility index (Phi) is 11.4. The number of benzene rings is 1. The van der Waals surface area contributed by atoms with E-state index < -0.39 is 29.5 Å². The summed E-state index contributed by atoms with van der Waals surface area (Å²) in [6.45, 7) is 6.83.